The molecule has 2 aliphatic heterocycles. The van der Waals surface area contributed by atoms with Crippen LogP contribution in [0.4, 0.5) is 0 Å². The van der Waals surface area contributed by atoms with Gasteiger partial charge in [-0.2, -0.15) is 0 Å². The zero-order valence-electron chi connectivity index (χ0n) is 46.3. The van der Waals surface area contributed by atoms with Crippen molar-refractivity contribution in [2.45, 2.75) is 37.6 Å². The zero-order valence-corrected chi connectivity index (χ0v) is 47.9. The molecule has 2 unspecified atom stereocenters. The predicted molar refractivity (Wildman–Crippen MR) is 327 cm³/mol. The van der Waals surface area contributed by atoms with E-state index in [0.717, 1.165) is 0 Å². The Hall–Kier alpha value is -10.7. The predicted octanol–water partition coefficient (Wildman–Crippen LogP) is 12.2. The molecule has 0 saturated carbocycles. The van der Waals surface area contributed by atoms with E-state index in [0.29, 0.717) is 64.0 Å². The summed E-state index contributed by atoms with van der Waals surface area (Å²) in [5.74, 6) is -8.60. The number of ether oxygens (including phenoxy) is 6. The molecular weight excluding hydrogens is 1150 g/mol. The Bertz CT molecular complexity index is 4100. The summed E-state index contributed by atoms with van der Waals surface area (Å²) in [4.78, 5) is 118. The highest BCUT2D eigenvalue weighted by molar-refractivity contribution is 7.15. The van der Waals surface area contributed by atoms with Crippen LogP contribution in [0, 0.1) is 11.8 Å². The molecule has 2 aromatic heterocycles. The van der Waals surface area contributed by atoms with Crippen molar-refractivity contribution in [3.05, 3.63) is 281 Å². The van der Waals surface area contributed by atoms with Gasteiger partial charge in [0.2, 0.25) is 23.1 Å². The molecule has 0 radical (unpaired) electrons. The number of carbonyl (C=O) groups excluding carboxylic acids is 8. The Balaban J connectivity index is 0.961. The standard InChI is InChI=1S/C72H46O14S2/c73-61-51-27-15-13-25-49(51)53(63(61)75)33-47-35-59-65(87-47)55-29-46-32-58-56(30-45(46)31-57(55)71(85-59,67(77)81-37-41-17-5-1-6-18-41)68(78)82-38-42-19-7-2-8-20-42)66-60(36-48(88-66)34-54-50-26-14-16-28-52(50)62(74)64(54)76)86-72(58,69(79)83-39-43-21-9-3-10-22-43)70(80)84-40-44-23-11-4-12-24-44/h1-36,45-46H,37-40H2/b53-33-,54-34-. The number of benzene rings is 6. The van der Waals surface area contributed by atoms with E-state index in [2.05, 4.69) is 0 Å². The number of hydrogen-bond donors (Lipinski definition) is 0. The van der Waals surface area contributed by atoms with Gasteiger partial charge in [-0.25, -0.2) is 19.2 Å². The Morgan fingerprint density at radius 1 is 0.386 bits per heavy atom. The summed E-state index contributed by atoms with van der Waals surface area (Å²) in [6, 6.07) is 52.2. The average molecular weight is 1200 g/mol. The van der Waals surface area contributed by atoms with Crippen LogP contribution in [-0.2, 0) is 74.1 Å². The summed E-state index contributed by atoms with van der Waals surface area (Å²) in [6.45, 7) is -1.05. The second-order valence-corrected chi connectivity index (χ2v) is 23.7. The van der Waals surface area contributed by atoms with E-state index in [4.69, 9.17) is 28.4 Å². The van der Waals surface area contributed by atoms with Crippen molar-refractivity contribution >= 4 is 104 Å². The molecule has 2 atom stereocenters. The lowest BCUT2D eigenvalue weighted by atomic mass is 9.68. The number of thiophene rings is 2. The first-order valence-corrected chi connectivity index (χ1v) is 29.7. The molecule has 14 rings (SSSR count). The molecule has 16 heteroatoms. The first-order valence-electron chi connectivity index (χ1n) is 28.1. The SMILES string of the molecule is O=C1C(=O)c2ccccc2/C1=C/c1cc2c(s1)C1=CC3C=C4C(=CC3C=C1C(C(=O)OCc1ccccc1)(C(=O)OCc1ccccc1)O2)c1sc(/C=C2\C(=O)C(=O)c3ccccc32)cc1OC4(C(=O)OCc1ccccc1)C(=O)OCc1ccccc1. The van der Waals surface area contributed by atoms with E-state index in [9.17, 15) is 19.2 Å². The van der Waals surface area contributed by atoms with Crippen molar-refractivity contribution in [1.82, 2.24) is 0 Å². The number of rotatable bonds is 14. The second-order valence-electron chi connectivity index (χ2n) is 21.5. The number of Topliss-reactive ketones (excluding diaryl/α,β-unsaturated/α-hetero) is 4. The van der Waals surface area contributed by atoms with Gasteiger partial charge in [0.25, 0.3) is 0 Å². The van der Waals surface area contributed by atoms with E-state index in [1.54, 1.807) is 182 Å². The van der Waals surface area contributed by atoms with Crippen LogP contribution in [0.25, 0.3) is 34.4 Å². The third-order valence-electron chi connectivity index (χ3n) is 16.1. The summed E-state index contributed by atoms with van der Waals surface area (Å²) >= 11 is 2.35. The molecule has 430 valence electrons. The number of esters is 4. The molecule has 0 fully saturated rings. The third kappa shape index (κ3) is 9.50. The van der Waals surface area contributed by atoms with Gasteiger partial charge in [0.05, 0.1) is 9.75 Å². The number of allylic oxidation sites excluding steroid dienone is 6. The zero-order chi connectivity index (χ0) is 60.3. The lowest BCUT2D eigenvalue weighted by Gasteiger charge is -2.42. The van der Waals surface area contributed by atoms with Crippen molar-refractivity contribution < 1.29 is 66.8 Å². The van der Waals surface area contributed by atoms with Gasteiger partial charge in [-0.3, -0.25) is 19.2 Å². The first-order chi connectivity index (χ1) is 42.9. The highest BCUT2D eigenvalue weighted by Gasteiger charge is 2.63. The molecule has 0 amide bonds. The molecule has 88 heavy (non-hydrogen) atoms. The van der Waals surface area contributed by atoms with Crippen molar-refractivity contribution in [2.24, 2.45) is 11.8 Å². The van der Waals surface area contributed by atoms with Gasteiger partial charge in [0.15, 0.2) is 0 Å². The minimum atomic E-state index is -2.65. The van der Waals surface area contributed by atoms with Crippen LogP contribution in [0.15, 0.2) is 217 Å². The number of carbonyl (C=O) groups is 8. The average Bonchev–Trinajstić information content (AvgIpc) is 1.15. The molecule has 0 saturated heterocycles. The smallest absolute Gasteiger partial charge is 0.367 e. The summed E-state index contributed by atoms with van der Waals surface area (Å²) in [5.41, 5.74) is -0.362. The fourth-order valence-corrected chi connectivity index (χ4v) is 13.9. The maximum Gasteiger partial charge on any atom is 0.367 e. The molecule has 0 spiro atoms. The lowest BCUT2D eigenvalue weighted by Crippen LogP contribution is -2.58. The molecule has 0 N–H and O–H groups in total. The van der Waals surface area contributed by atoms with Crippen LogP contribution in [0.2, 0.25) is 0 Å². The van der Waals surface area contributed by atoms with E-state index in [1.807, 2.05) is 36.4 Å². The lowest BCUT2D eigenvalue weighted by molar-refractivity contribution is -0.179. The van der Waals surface area contributed by atoms with Gasteiger partial charge in [-0.15, -0.1) is 22.7 Å². The minimum Gasteiger partial charge on any atom is -0.458 e. The van der Waals surface area contributed by atoms with Crippen LogP contribution >= 0.6 is 22.7 Å². The van der Waals surface area contributed by atoms with E-state index >= 15 is 19.2 Å². The van der Waals surface area contributed by atoms with E-state index in [-0.39, 0.29) is 71.3 Å². The highest BCUT2D eigenvalue weighted by atomic mass is 32.1. The largest absolute Gasteiger partial charge is 0.458 e. The topological polar surface area (TPSA) is 192 Å². The fourth-order valence-electron chi connectivity index (χ4n) is 11.8. The Labute approximate surface area is 510 Å². The van der Waals surface area contributed by atoms with Crippen LogP contribution < -0.4 is 9.47 Å². The molecule has 6 aliphatic rings. The Morgan fingerprint density at radius 3 is 1.00 bits per heavy atom. The Kier molecular flexibility index (Phi) is 14.0. The van der Waals surface area contributed by atoms with Gasteiger partial charge in [-0.1, -0.05) is 194 Å². The third-order valence-corrected chi connectivity index (χ3v) is 18.3. The van der Waals surface area contributed by atoms with E-state index in [1.165, 1.54) is 22.7 Å². The maximum atomic E-state index is 15.5. The van der Waals surface area contributed by atoms with Crippen LogP contribution in [0.3, 0.4) is 0 Å². The van der Waals surface area contributed by atoms with Crippen LogP contribution in [0.5, 0.6) is 11.5 Å². The molecular formula is C72H46O14S2. The van der Waals surface area contributed by atoms with Gasteiger partial charge in [-0.05, 0) is 57.7 Å². The number of ketones is 4. The molecule has 0 bridgehead atoms. The summed E-state index contributed by atoms with van der Waals surface area (Å²) < 4.78 is 38.2. The van der Waals surface area contributed by atoms with Crippen molar-refractivity contribution in [2.75, 3.05) is 0 Å². The van der Waals surface area contributed by atoms with Crippen molar-refractivity contribution in [3.8, 4) is 11.5 Å². The number of fused-ring (bicyclic) bond motifs is 9. The minimum absolute atomic E-state index is 0.0519. The van der Waals surface area contributed by atoms with Crippen LogP contribution in [-0.4, -0.2) is 58.2 Å². The normalized spacial score (nSPS) is 18.7. The molecule has 14 nitrogen and oxygen atoms in total. The van der Waals surface area contributed by atoms with Crippen LogP contribution in [0.1, 0.15) is 73.6 Å². The van der Waals surface area contributed by atoms with Crippen molar-refractivity contribution in [1.29, 1.82) is 0 Å². The Morgan fingerprint density at radius 2 is 0.682 bits per heavy atom. The molecule has 8 aromatic rings. The van der Waals surface area contributed by atoms with E-state index < -0.39 is 70.0 Å². The first kappa shape index (κ1) is 55.2. The maximum absolute atomic E-state index is 15.5. The molecule has 4 aliphatic carbocycles. The highest BCUT2D eigenvalue weighted by Crippen LogP contribution is 2.58. The van der Waals surface area contributed by atoms with Gasteiger partial charge in [0, 0.05) is 66.2 Å². The monoisotopic (exact) mass is 1200 g/mol. The van der Waals surface area contributed by atoms with Gasteiger partial charge >= 0.3 is 35.1 Å². The van der Waals surface area contributed by atoms with Gasteiger partial charge < -0.3 is 28.4 Å². The molecule has 4 heterocycles. The summed E-state index contributed by atoms with van der Waals surface area (Å²) in [7, 11) is 0. The van der Waals surface area contributed by atoms with Gasteiger partial charge in [0.1, 0.15) is 37.9 Å². The second kappa shape index (κ2) is 22.3. The summed E-state index contributed by atoms with van der Waals surface area (Å²) in [6.07, 6.45) is 10.2. The number of hydrogen-bond acceptors (Lipinski definition) is 16. The quantitative estimate of drug-likeness (QED) is 0.0328. The van der Waals surface area contributed by atoms with Crippen molar-refractivity contribution in [3.63, 3.8) is 0 Å². The summed E-state index contributed by atoms with van der Waals surface area (Å²) in [5, 5.41) is 0. The fraction of sp³-hybridized carbons (Fsp3) is 0.111. The molecule has 6 aromatic carbocycles.